The summed E-state index contributed by atoms with van der Waals surface area (Å²) in [6, 6.07) is 7.97. The van der Waals surface area contributed by atoms with Gasteiger partial charge in [0, 0.05) is 25.4 Å². The molecule has 6 heteroatoms. The van der Waals surface area contributed by atoms with E-state index >= 15 is 0 Å². The highest BCUT2D eigenvalue weighted by Gasteiger charge is 2.21. The van der Waals surface area contributed by atoms with Gasteiger partial charge in [-0.05, 0) is 46.3 Å². The zero-order valence-electron chi connectivity index (χ0n) is 9.06. The second-order valence-electron chi connectivity index (χ2n) is 3.59. The highest BCUT2D eigenvalue weighted by atomic mass is 79.9. The molecule has 1 aromatic heterocycles. The van der Waals surface area contributed by atoms with Crippen LogP contribution in [0.2, 0.25) is 5.02 Å². The Morgan fingerprint density at radius 1 is 1.39 bits per heavy atom. The molecule has 3 nitrogen and oxygen atoms in total. The molecule has 94 valence electrons. The topological polar surface area (TPSA) is 49.3 Å². The fraction of sp³-hybridized carbons (Fsp3) is 0.0833. The van der Waals surface area contributed by atoms with Gasteiger partial charge >= 0.3 is 5.97 Å². The van der Waals surface area contributed by atoms with Crippen LogP contribution in [0.4, 0.5) is 5.69 Å². The fourth-order valence-electron chi connectivity index (χ4n) is 1.45. The van der Waals surface area contributed by atoms with Crippen LogP contribution in [0.5, 0.6) is 0 Å². The molecule has 0 aliphatic carbocycles. The summed E-state index contributed by atoms with van der Waals surface area (Å²) < 4.78 is 0.881. The SMILES string of the molecule is O=C(O)C(Nc1ccc(Cl)cc1)c1cc(Br)cs1. The van der Waals surface area contributed by atoms with Crippen molar-refractivity contribution in [3.8, 4) is 0 Å². The Labute approximate surface area is 122 Å². The minimum atomic E-state index is -0.917. The van der Waals surface area contributed by atoms with E-state index in [1.54, 1.807) is 30.3 Å². The van der Waals surface area contributed by atoms with Gasteiger partial charge < -0.3 is 10.4 Å². The Morgan fingerprint density at radius 2 is 2.06 bits per heavy atom. The monoisotopic (exact) mass is 345 g/mol. The quantitative estimate of drug-likeness (QED) is 0.862. The number of benzene rings is 1. The van der Waals surface area contributed by atoms with Crippen molar-refractivity contribution in [1.29, 1.82) is 0 Å². The van der Waals surface area contributed by atoms with Gasteiger partial charge in [-0.15, -0.1) is 11.3 Å². The summed E-state index contributed by atoms with van der Waals surface area (Å²) in [5.74, 6) is -0.917. The molecule has 1 aromatic carbocycles. The maximum atomic E-state index is 11.3. The van der Waals surface area contributed by atoms with E-state index < -0.39 is 12.0 Å². The Morgan fingerprint density at radius 3 is 2.56 bits per heavy atom. The summed E-state index contributed by atoms with van der Waals surface area (Å²) in [4.78, 5) is 12.0. The first-order valence-corrected chi connectivity index (χ1v) is 7.10. The maximum absolute atomic E-state index is 11.3. The number of anilines is 1. The molecule has 0 saturated carbocycles. The van der Waals surface area contributed by atoms with Crippen LogP contribution in [-0.4, -0.2) is 11.1 Å². The van der Waals surface area contributed by atoms with Gasteiger partial charge in [-0.25, -0.2) is 4.79 Å². The molecule has 0 amide bonds. The molecular weight excluding hydrogens is 338 g/mol. The van der Waals surface area contributed by atoms with Crippen molar-refractivity contribution in [2.24, 2.45) is 0 Å². The minimum Gasteiger partial charge on any atom is -0.479 e. The van der Waals surface area contributed by atoms with E-state index in [9.17, 15) is 9.90 Å². The summed E-state index contributed by atoms with van der Waals surface area (Å²) in [6.07, 6.45) is 0. The van der Waals surface area contributed by atoms with E-state index in [0.29, 0.717) is 5.02 Å². The van der Waals surface area contributed by atoms with Gasteiger partial charge in [0.1, 0.15) is 0 Å². The van der Waals surface area contributed by atoms with Crippen LogP contribution in [-0.2, 0) is 4.79 Å². The number of hydrogen-bond acceptors (Lipinski definition) is 3. The predicted molar refractivity (Wildman–Crippen MR) is 77.5 cm³/mol. The largest absolute Gasteiger partial charge is 0.479 e. The van der Waals surface area contributed by atoms with Crippen molar-refractivity contribution < 1.29 is 9.90 Å². The summed E-state index contributed by atoms with van der Waals surface area (Å²) in [5.41, 5.74) is 0.719. The molecule has 0 spiro atoms. The van der Waals surface area contributed by atoms with Crippen LogP contribution in [0.3, 0.4) is 0 Å². The Kier molecular flexibility index (Phi) is 4.27. The number of carbonyl (C=O) groups is 1. The third-order valence-corrected chi connectivity index (χ3v) is 4.28. The number of carboxylic acid groups (broad SMARTS) is 1. The first-order valence-electron chi connectivity index (χ1n) is 5.05. The number of aliphatic carboxylic acids is 1. The Hall–Kier alpha value is -1.04. The molecule has 0 saturated heterocycles. The van der Waals surface area contributed by atoms with E-state index in [4.69, 9.17) is 11.6 Å². The summed E-state index contributed by atoms with van der Waals surface area (Å²) in [5, 5.41) is 14.7. The van der Waals surface area contributed by atoms with Gasteiger partial charge in [-0.2, -0.15) is 0 Å². The summed E-state index contributed by atoms with van der Waals surface area (Å²) in [7, 11) is 0. The van der Waals surface area contributed by atoms with E-state index in [0.717, 1.165) is 15.0 Å². The number of halogens is 2. The van der Waals surface area contributed by atoms with Crippen molar-refractivity contribution in [2.45, 2.75) is 6.04 Å². The highest BCUT2D eigenvalue weighted by Crippen LogP contribution is 2.28. The lowest BCUT2D eigenvalue weighted by molar-refractivity contribution is -0.138. The lowest BCUT2D eigenvalue weighted by atomic mass is 10.2. The van der Waals surface area contributed by atoms with Gasteiger partial charge in [0.05, 0.1) is 0 Å². The molecule has 1 atom stereocenters. The molecule has 0 fully saturated rings. The molecular formula is C12H9BrClNO2S. The van der Waals surface area contributed by atoms with Crippen LogP contribution in [0, 0.1) is 0 Å². The van der Waals surface area contributed by atoms with Gasteiger partial charge in [0.15, 0.2) is 6.04 Å². The molecule has 0 aliphatic rings. The molecule has 1 unspecified atom stereocenters. The highest BCUT2D eigenvalue weighted by molar-refractivity contribution is 9.10. The average Bonchev–Trinajstić information content (AvgIpc) is 2.74. The molecule has 2 rings (SSSR count). The smallest absolute Gasteiger partial charge is 0.331 e. The summed E-state index contributed by atoms with van der Waals surface area (Å²) in [6.45, 7) is 0. The molecule has 0 aliphatic heterocycles. The molecule has 1 heterocycles. The average molecular weight is 347 g/mol. The van der Waals surface area contributed by atoms with Gasteiger partial charge in [0.25, 0.3) is 0 Å². The molecule has 0 radical (unpaired) electrons. The van der Waals surface area contributed by atoms with Gasteiger partial charge in [-0.3, -0.25) is 0 Å². The van der Waals surface area contributed by atoms with Crippen LogP contribution in [0.1, 0.15) is 10.9 Å². The standard InChI is InChI=1S/C12H9BrClNO2S/c13-7-5-10(18-6-7)11(12(16)17)15-9-3-1-8(14)2-4-9/h1-6,11,15H,(H,16,17). The van der Waals surface area contributed by atoms with Gasteiger partial charge in [-0.1, -0.05) is 11.6 Å². The normalized spacial score (nSPS) is 12.1. The fourth-order valence-corrected chi connectivity index (χ4v) is 3.06. The molecule has 2 N–H and O–H groups in total. The van der Waals surface area contributed by atoms with Crippen molar-refractivity contribution in [3.05, 3.63) is 50.1 Å². The van der Waals surface area contributed by atoms with Crippen molar-refractivity contribution >= 4 is 50.5 Å². The predicted octanol–water partition coefficient (Wildman–Crippen LogP) is 4.40. The lowest BCUT2D eigenvalue weighted by Gasteiger charge is -2.14. The van der Waals surface area contributed by atoms with Crippen molar-refractivity contribution in [1.82, 2.24) is 0 Å². The number of nitrogens with one attached hydrogen (secondary N) is 1. The second kappa shape index (κ2) is 5.73. The van der Waals surface area contributed by atoms with E-state index in [-0.39, 0.29) is 0 Å². The first kappa shape index (κ1) is 13.4. The number of rotatable bonds is 4. The zero-order chi connectivity index (χ0) is 13.1. The molecule has 2 aromatic rings. The Bertz CT molecular complexity index is 555. The number of thiophene rings is 1. The van der Waals surface area contributed by atoms with Crippen molar-refractivity contribution in [2.75, 3.05) is 5.32 Å². The Balaban J connectivity index is 2.22. The van der Waals surface area contributed by atoms with E-state index in [1.165, 1.54) is 11.3 Å². The van der Waals surface area contributed by atoms with Crippen LogP contribution >= 0.6 is 38.9 Å². The molecule has 18 heavy (non-hydrogen) atoms. The first-order chi connectivity index (χ1) is 8.56. The van der Waals surface area contributed by atoms with E-state index in [2.05, 4.69) is 21.2 Å². The van der Waals surface area contributed by atoms with Crippen LogP contribution in [0.15, 0.2) is 40.2 Å². The third-order valence-electron chi connectivity index (χ3n) is 2.27. The second-order valence-corrected chi connectivity index (χ2v) is 5.88. The maximum Gasteiger partial charge on any atom is 0.331 e. The minimum absolute atomic E-state index is 0.617. The number of carboxylic acids is 1. The number of hydrogen-bond donors (Lipinski definition) is 2. The third kappa shape index (κ3) is 3.25. The van der Waals surface area contributed by atoms with E-state index in [1.807, 2.05) is 5.38 Å². The lowest BCUT2D eigenvalue weighted by Crippen LogP contribution is -2.19. The zero-order valence-corrected chi connectivity index (χ0v) is 12.2. The molecule has 0 bridgehead atoms. The van der Waals surface area contributed by atoms with Crippen LogP contribution < -0.4 is 5.32 Å². The van der Waals surface area contributed by atoms with Gasteiger partial charge in [0.2, 0.25) is 0 Å². The summed E-state index contributed by atoms with van der Waals surface area (Å²) >= 11 is 10.5. The van der Waals surface area contributed by atoms with Crippen LogP contribution in [0.25, 0.3) is 0 Å². The van der Waals surface area contributed by atoms with Crippen molar-refractivity contribution in [3.63, 3.8) is 0 Å².